The summed E-state index contributed by atoms with van der Waals surface area (Å²) in [6.45, 7) is 6.90. The van der Waals surface area contributed by atoms with Crippen molar-refractivity contribution in [1.29, 1.82) is 0 Å². The lowest BCUT2D eigenvalue weighted by atomic mass is 10.0. The van der Waals surface area contributed by atoms with E-state index in [0.717, 1.165) is 31.1 Å². The molecule has 0 spiro atoms. The van der Waals surface area contributed by atoms with Gasteiger partial charge in [-0.05, 0) is 49.1 Å². The van der Waals surface area contributed by atoms with Gasteiger partial charge in [0, 0.05) is 24.7 Å². The van der Waals surface area contributed by atoms with Crippen molar-refractivity contribution in [2.75, 3.05) is 13.1 Å². The molecule has 0 unspecified atom stereocenters. The molecule has 1 heterocycles. The summed E-state index contributed by atoms with van der Waals surface area (Å²) in [4.78, 5) is 2.30. The molecule has 1 saturated heterocycles. The van der Waals surface area contributed by atoms with Gasteiger partial charge in [-0.1, -0.05) is 11.6 Å². The summed E-state index contributed by atoms with van der Waals surface area (Å²) in [5.74, 6) is 0. The Balaban J connectivity index is 2.15. The van der Waals surface area contributed by atoms with Crippen molar-refractivity contribution in [3.05, 3.63) is 33.8 Å². The number of halogens is 1. The molecule has 1 aliphatic rings. The van der Waals surface area contributed by atoms with Crippen LogP contribution in [0.3, 0.4) is 0 Å². The highest BCUT2D eigenvalue weighted by Gasteiger charge is 2.21. The number of rotatable bonds is 2. The second-order valence-corrected chi connectivity index (χ2v) is 5.13. The van der Waals surface area contributed by atoms with Crippen molar-refractivity contribution >= 4 is 11.6 Å². The Labute approximate surface area is 102 Å². The van der Waals surface area contributed by atoms with Gasteiger partial charge in [0.1, 0.15) is 0 Å². The van der Waals surface area contributed by atoms with Crippen LogP contribution in [0.15, 0.2) is 12.1 Å². The van der Waals surface area contributed by atoms with Crippen LogP contribution in [0.5, 0.6) is 0 Å². The molecule has 0 bridgehead atoms. The maximum Gasteiger partial charge on any atom is 0.0679 e. The standard InChI is InChI=1S/C13H18ClNO/c1-9-5-11(14)6-10(2)13(9)8-15-4-3-12(16)7-15/h5-6,12,16H,3-4,7-8H2,1-2H3/t12-/m0/s1. The summed E-state index contributed by atoms with van der Waals surface area (Å²) in [5.41, 5.74) is 3.83. The van der Waals surface area contributed by atoms with Gasteiger partial charge in [-0.3, -0.25) is 4.90 Å². The summed E-state index contributed by atoms with van der Waals surface area (Å²) in [6, 6.07) is 4.02. The predicted octanol–water partition coefficient (Wildman–Crippen LogP) is 2.52. The van der Waals surface area contributed by atoms with Crippen LogP contribution in [-0.2, 0) is 6.54 Å². The van der Waals surface area contributed by atoms with E-state index >= 15 is 0 Å². The first-order chi connectivity index (χ1) is 7.56. The third-order valence-electron chi connectivity index (χ3n) is 3.29. The molecule has 1 aromatic carbocycles. The first-order valence-corrected chi connectivity index (χ1v) is 6.10. The molecule has 2 nitrogen and oxygen atoms in total. The van der Waals surface area contributed by atoms with Gasteiger partial charge in [-0.2, -0.15) is 0 Å². The van der Waals surface area contributed by atoms with E-state index in [1.54, 1.807) is 0 Å². The van der Waals surface area contributed by atoms with E-state index in [4.69, 9.17) is 11.6 Å². The monoisotopic (exact) mass is 239 g/mol. The molecule has 88 valence electrons. The van der Waals surface area contributed by atoms with E-state index in [-0.39, 0.29) is 6.10 Å². The Morgan fingerprint density at radius 2 is 2.00 bits per heavy atom. The molecule has 16 heavy (non-hydrogen) atoms. The molecule has 1 fully saturated rings. The first kappa shape index (κ1) is 11.9. The second kappa shape index (κ2) is 4.74. The van der Waals surface area contributed by atoms with Gasteiger partial charge in [0.15, 0.2) is 0 Å². The highest BCUT2D eigenvalue weighted by atomic mass is 35.5. The molecule has 1 aliphatic heterocycles. The fourth-order valence-electron chi connectivity index (χ4n) is 2.37. The van der Waals surface area contributed by atoms with E-state index in [9.17, 15) is 5.11 Å². The molecule has 2 rings (SSSR count). The molecule has 0 radical (unpaired) electrons. The Bertz CT molecular complexity index is 369. The van der Waals surface area contributed by atoms with Gasteiger partial charge in [-0.15, -0.1) is 0 Å². The topological polar surface area (TPSA) is 23.5 Å². The van der Waals surface area contributed by atoms with E-state index in [0.29, 0.717) is 0 Å². The van der Waals surface area contributed by atoms with Crippen LogP contribution in [0.1, 0.15) is 23.1 Å². The zero-order valence-corrected chi connectivity index (χ0v) is 10.6. The molecule has 3 heteroatoms. The molecular formula is C13H18ClNO. The van der Waals surface area contributed by atoms with Crippen LogP contribution in [-0.4, -0.2) is 29.2 Å². The molecule has 1 N–H and O–H groups in total. The fourth-order valence-corrected chi connectivity index (χ4v) is 2.70. The smallest absolute Gasteiger partial charge is 0.0679 e. The lowest BCUT2D eigenvalue weighted by Gasteiger charge is -2.18. The van der Waals surface area contributed by atoms with Crippen molar-refractivity contribution < 1.29 is 5.11 Å². The van der Waals surface area contributed by atoms with Crippen molar-refractivity contribution in [3.63, 3.8) is 0 Å². The van der Waals surface area contributed by atoms with Crippen molar-refractivity contribution in [1.82, 2.24) is 4.90 Å². The number of aliphatic hydroxyl groups is 1. The quantitative estimate of drug-likeness (QED) is 0.858. The Kier molecular flexibility index (Phi) is 3.53. The summed E-state index contributed by atoms with van der Waals surface area (Å²) in [6.07, 6.45) is 0.749. The largest absolute Gasteiger partial charge is 0.392 e. The summed E-state index contributed by atoms with van der Waals surface area (Å²) in [7, 11) is 0. The minimum atomic E-state index is -0.145. The summed E-state index contributed by atoms with van der Waals surface area (Å²) >= 11 is 6.01. The molecule has 0 aliphatic carbocycles. The number of hydrogen-bond donors (Lipinski definition) is 1. The van der Waals surface area contributed by atoms with Gasteiger partial charge in [-0.25, -0.2) is 0 Å². The molecule has 1 aromatic rings. The normalized spacial score (nSPS) is 21.6. The van der Waals surface area contributed by atoms with E-state index in [2.05, 4.69) is 18.7 Å². The summed E-state index contributed by atoms with van der Waals surface area (Å²) < 4.78 is 0. The second-order valence-electron chi connectivity index (χ2n) is 4.70. The summed E-state index contributed by atoms with van der Waals surface area (Å²) in [5, 5.41) is 10.3. The van der Waals surface area contributed by atoms with Crippen LogP contribution in [0.2, 0.25) is 5.02 Å². The molecule has 1 atom stereocenters. The van der Waals surface area contributed by atoms with Crippen molar-refractivity contribution in [2.45, 2.75) is 32.9 Å². The highest BCUT2D eigenvalue weighted by molar-refractivity contribution is 6.30. The van der Waals surface area contributed by atoms with E-state index < -0.39 is 0 Å². The molecule has 0 saturated carbocycles. The highest BCUT2D eigenvalue weighted by Crippen LogP contribution is 2.23. The van der Waals surface area contributed by atoms with E-state index in [1.165, 1.54) is 16.7 Å². The number of hydrogen-bond acceptors (Lipinski definition) is 2. The third-order valence-corrected chi connectivity index (χ3v) is 3.51. The number of β-amino-alcohol motifs (C(OH)–C–C–N with tert-alkyl or cyclic N) is 1. The SMILES string of the molecule is Cc1cc(Cl)cc(C)c1CN1CC[C@H](O)C1. The minimum Gasteiger partial charge on any atom is -0.392 e. The van der Waals surface area contributed by atoms with Crippen LogP contribution in [0.4, 0.5) is 0 Å². The van der Waals surface area contributed by atoms with Crippen molar-refractivity contribution in [2.24, 2.45) is 0 Å². The number of nitrogens with zero attached hydrogens (tertiary/aromatic N) is 1. The van der Waals surface area contributed by atoms with E-state index in [1.807, 2.05) is 12.1 Å². The van der Waals surface area contributed by atoms with Gasteiger partial charge in [0.05, 0.1) is 6.10 Å². The maximum atomic E-state index is 9.50. The van der Waals surface area contributed by atoms with Gasteiger partial charge in [0.2, 0.25) is 0 Å². The number of aryl methyl sites for hydroxylation is 2. The van der Waals surface area contributed by atoms with Crippen LogP contribution >= 0.6 is 11.6 Å². The van der Waals surface area contributed by atoms with Gasteiger partial charge < -0.3 is 5.11 Å². The fraction of sp³-hybridized carbons (Fsp3) is 0.538. The number of aliphatic hydroxyl groups excluding tert-OH is 1. The average Bonchev–Trinajstić information content (AvgIpc) is 2.58. The van der Waals surface area contributed by atoms with Gasteiger partial charge >= 0.3 is 0 Å². The maximum absolute atomic E-state index is 9.50. The van der Waals surface area contributed by atoms with Crippen LogP contribution < -0.4 is 0 Å². The predicted molar refractivity (Wildman–Crippen MR) is 66.8 cm³/mol. The number of benzene rings is 1. The zero-order valence-electron chi connectivity index (χ0n) is 9.83. The molecular weight excluding hydrogens is 222 g/mol. The molecule has 0 amide bonds. The minimum absolute atomic E-state index is 0.145. The first-order valence-electron chi connectivity index (χ1n) is 5.72. The van der Waals surface area contributed by atoms with Crippen LogP contribution in [0.25, 0.3) is 0 Å². The number of likely N-dealkylation sites (tertiary alicyclic amines) is 1. The Hall–Kier alpha value is -0.570. The van der Waals surface area contributed by atoms with Crippen LogP contribution in [0, 0.1) is 13.8 Å². The Morgan fingerprint density at radius 3 is 2.50 bits per heavy atom. The third kappa shape index (κ3) is 2.57. The Morgan fingerprint density at radius 1 is 1.38 bits per heavy atom. The molecule has 0 aromatic heterocycles. The lowest BCUT2D eigenvalue weighted by molar-refractivity contribution is 0.174. The average molecular weight is 240 g/mol. The zero-order chi connectivity index (χ0) is 11.7. The van der Waals surface area contributed by atoms with Crippen molar-refractivity contribution in [3.8, 4) is 0 Å². The lowest BCUT2D eigenvalue weighted by Crippen LogP contribution is -2.22. The van der Waals surface area contributed by atoms with Gasteiger partial charge in [0.25, 0.3) is 0 Å².